The van der Waals surface area contributed by atoms with E-state index in [0.717, 1.165) is 10.9 Å². The predicted octanol–water partition coefficient (Wildman–Crippen LogP) is 2.24. The first kappa shape index (κ1) is 18.4. The molecule has 1 aliphatic heterocycles. The van der Waals surface area contributed by atoms with Crippen molar-refractivity contribution in [1.82, 2.24) is 9.88 Å². The maximum Gasteiger partial charge on any atom is 0.327 e. The van der Waals surface area contributed by atoms with E-state index in [4.69, 9.17) is 10.5 Å². The van der Waals surface area contributed by atoms with Crippen LogP contribution < -0.4 is 5.73 Å². The molecule has 0 unspecified atom stereocenters. The third-order valence-corrected chi connectivity index (χ3v) is 4.61. The van der Waals surface area contributed by atoms with Gasteiger partial charge in [0.25, 0.3) is 0 Å². The van der Waals surface area contributed by atoms with E-state index in [9.17, 15) is 14.7 Å². The van der Waals surface area contributed by atoms with Crippen LogP contribution in [0.25, 0.3) is 10.9 Å². The fourth-order valence-electron chi connectivity index (χ4n) is 3.47. The summed E-state index contributed by atoms with van der Waals surface area (Å²) in [7, 11) is 0. The van der Waals surface area contributed by atoms with Gasteiger partial charge in [0.05, 0.1) is 12.1 Å². The average Bonchev–Trinajstić information content (AvgIpc) is 3.10. The fraction of sp³-hybridized carbons (Fsp3) is 0.474. The van der Waals surface area contributed by atoms with Crippen LogP contribution in [0.3, 0.4) is 0 Å². The number of benzene rings is 1. The van der Waals surface area contributed by atoms with Crippen molar-refractivity contribution in [3.8, 4) is 0 Å². The standard InChI is InChI=1S/C19H25N3O4/c1-19(2,3)26-18(25)12-8-9-22(16(12)20)15(17(23)24)14-10-11-6-4-5-7-13(11)21-14/h4-7,10,12,15-16,21H,8-9,20H2,1-3H3,(H,23,24)/t12-,15-,16+/m1/s1. The lowest BCUT2D eigenvalue weighted by molar-refractivity contribution is -0.161. The van der Waals surface area contributed by atoms with E-state index in [1.807, 2.05) is 30.3 Å². The molecule has 7 heteroatoms. The smallest absolute Gasteiger partial charge is 0.327 e. The number of aliphatic carboxylic acids is 1. The Morgan fingerprint density at radius 1 is 1.35 bits per heavy atom. The second-order valence-corrected chi connectivity index (χ2v) is 7.71. The lowest BCUT2D eigenvalue weighted by Gasteiger charge is -2.30. The van der Waals surface area contributed by atoms with Crippen molar-refractivity contribution in [2.24, 2.45) is 11.7 Å². The van der Waals surface area contributed by atoms with Gasteiger partial charge in [0, 0.05) is 17.8 Å². The lowest BCUT2D eigenvalue weighted by atomic mass is 10.1. The second-order valence-electron chi connectivity index (χ2n) is 7.71. The minimum atomic E-state index is -1.00. The van der Waals surface area contributed by atoms with Crippen molar-refractivity contribution < 1.29 is 19.4 Å². The molecular formula is C19H25N3O4. The summed E-state index contributed by atoms with van der Waals surface area (Å²) in [6.07, 6.45) is -0.238. The lowest BCUT2D eigenvalue weighted by Crippen LogP contribution is -2.47. The van der Waals surface area contributed by atoms with E-state index in [0.29, 0.717) is 18.7 Å². The molecule has 3 atom stereocenters. The zero-order valence-electron chi connectivity index (χ0n) is 15.2. The van der Waals surface area contributed by atoms with Gasteiger partial charge in [-0.1, -0.05) is 18.2 Å². The van der Waals surface area contributed by atoms with Crippen LogP contribution in [-0.4, -0.2) is 45.2 Å². The number of nitrogens with two attached hydrogens (primary N) is 1. The van der Waals surface area contributed by atoms with Crippen LogP contribution in [0.2, 0.25) is 0 Å². The minimum Gasteiger partial charge on any atom is -0.480 e. The molecule has 4 N–H and O–H groups in total. The fourth-order valence-corrected chi connectivity index (χ4v) is 3.47. The summed E-state index contributed by atoms with van der Waals surface area (Å²) >= 11 is 0. The van der Waals surface area contributed by atoms with E-state index in [-0.39, 0.29) is 5.97 Å². The Morgan fingerprint density at radius 3 is 2.65 bits per heavy atom. The van der Waals surface area contributed by atoms with Crippen LogP contribution in [0.15, 0.2) is 30.3 Å². The highest BCUT2D eigenvalue weighted by Crippen LogP contribution is 2.33. The van der Waals surface area contributed by atoms with Gasteiger partial charge in [-0.2, -0.15) is 0 Å². The summed E-state index contributed by atoms with van der Waals surface area (Å²) < 4.78 is 5.43. The number of aromatic amines is 1. The maximum atomic E-state index is 12.4. The normalized spacial score (nSPS) is 22.5. The topological polar surface area (TPSA) is 109 Å². The number of H-pyrrole nitrogens is 1. The van der Waals surface area contributed by atoms with Crippen LogP contribution in [0.4, 0.5) is 0 Å². The van der Waals surface area contributed by atoms with Gasteiger partial charge < -0.3 is 20.6 Å². The van der Waals surface area contributed by atoms with E-state index in [2.05, 4.69) is 4.98 Å². The first-order valence-electron chi connectivity index (χ1n) is 8.72. The molecule has 0 spiro atoms. The number of carbonyl (C=O) groups is 2. The third-order valence-electron chi connectivity index (χ3n) is 4.61. The molecular weight excluding hydrogens is 334 g/mol. The number of ether oxygens (including phenoxy) is 1. The number of nitrogens with one attached hydrogen (secondary N) is 1. The van der Waals surface area contributed by atoms with Gasteiger partial charge in [-0.05, 0) is 44.7 Å². The highest BCUT2D eigenvalue weighted by atomic mass is 16.6. The molecule has 1 aromatic heterocycles. The van der Waals surface area contributed by atoms with Crippen LogP contribution in [0.1, 0.15) is 38.9 Å². The molecule has 7 nitrogen and oxygen atoms in total. The van der Waals surface area contributed by atoms with E-state index in [1.165, 1.54) is 0 Å². The molecule has 0 bridgehead atoms. The Morgan fingerprint density at radius 2 is 2.04 bits per heavy atom. The Hall–Kier alpha value is -2.38. The quantitative estimate of drug-likeness (QED) is 0.723. The van der Waals surface area contributed by atoms with Crippen molar-refractivity contribution in [3.05, 3.63) is 36.0 Å². The number of hydrogen-bond acceptors (Lipinski definition) is 5. The molecule has 1 aromatic carbocycles. The van der Waals surface area contributed by atoms with E-state index < -0.39 is 29.7 Å². The highest BCUT2D eigenvalue weighted by Gasteiger charge is 2.44. The number of esters is 1. The van der Waals surface area contributed by atoms with Crippen LogP contribution in [0.5, 0.6) is 0 Å². The molecule has 1 fully saturated rings. The number of aromatic nitrogens is 1. The predicted molar refractivity (Wildman–Crippen MR) is 97.3 cm³/mol. The van der Waals surface area contributed by atoms with Crippen molar-refractivity contribution in [3.63, 3.8) is 0 Å². The van der Waals surface area contributed by atoms with Gasteiger partial charge >= 0.3 is 11.9 Å². The van der Waals surface area contributed by atoms with Crippen molar-refractivity contribution in [2.75, 3.05) is 6.54 Å². The molecule has 2 heterocycles. The summed E-state index contributed by atoms with van der Waals surface area (Å²) in [5, 5.41) is 10.7. The molecule has 0 aliphatic carbocycles. The number of hydrogen-bond donors (Lipinski definition) is 3. The maximum absolute atomic E-state index is 12.4. The molecule has 2 aromatic rings. The van der Waals surface area contributed by atoms with Gasteiger partial charge in [-0.3, -0.25) is 14.5 Å². The van der Waals surface area contributed by atoms with Gasteiger partial charge in [0.15, 0.2) is 0 Å². The number of carboxylic acid groups (broad SMARTS) is 1. The van der Waals surface area contributed by atoms with E-state index in [1.54, 1.807) is 25.7 Å². The molecule has 3 rings (SSSR count). The van der Waals surface area contributed by atoms with Gasteiger partial charge in [0.2, 0.25) is 0 Å². The van der Waals surface area contributed by atoms with Crippen LogP contribution in [-0.2, 0) is 14.3 Å². The number of nitrogens with zero attached hydrogens (tertiary/aromatic N) is 1. The first-order chi connectivity index (χ1) is 12.2. The van der Waals surface area contributed by atoms with Gasteiger partial charge in [0.1, 0.15) is 11.6 Å². The number of carbonyl (C=O) groups excluding carboxylic acids is 1. The number of fused-ring (bicyclic) bond motifs is 1. The number of carboxylic acids is 1. The zero-order chi connectivity index (χ0) is 19.1. The van der Waals surface area contributed by atoms with Crippen LogP contribution >= 0.6 is 0 Å². The molecule has 0 radical (unpaired) electrons. The minimum absolute atomic E-state index is 0.381. The summed E-state index contributed by atoms with van der Waals surface area (Å²) in [5.74, 6) is -1.93. The van der Waals surface area contributed by atoms with Gasteiger partial charge in [-0.25, -0.2) is 0 Å². The van der Waals surface area contributed by atoms with Crippen molar-refractivity contribution in [2.45, 2.75) is 45.0 Å². The number of rotatable bonds is 4. The van der Waals surface area contributed by atoms with Crippen LogP contribution in [0, 0.1) is 5.92 Å². The number of para-hydroxylation sites is 1. The Kier molecular flexibility index (Phi) is 4.77. The average molecular weight is 359 g/mol. The SMILES string of the molecule is CC(C)(C)OC(=O)[C@@H]1CCN([C@@H](C(=O)O)c2cc3ccccc3[nH]2)[C@@H]1N. The van der Waals surface area contributed by atoms with Gasteiger partial charge in [-0.15, -0.1) is 0 Å². The third kappa shape index (κ3) is 3.59. The summed E-state index contributed by atoms with van der Waals surface area (Å²) in [6.45, 7) is 5.81. The molecule has 0 saturated carbocycles. The largest absolute Gasteiger partial charge is 0.480 e. The van der Waals surface area contributed by atoms with E-state index >= 15 is 0 Å². The number of likely N-dealkylation sites (tertiary alicyclic amines) is 1. The molecule has 1 saturated heterocycles. The Labute approximate surface area is 152 Å². The summed E-state index contributed by atoms with van der Waals surface area (Å²) in [5.41, 5.74) is 7.08. The van der Waals surface area contributed by atoms with Crippen molar-refractivity contribution in [1.29, 1.82) is 0 Å². The summed E-state index contributed by atoms with van der Waals surface area (Å²) in [4.78, 5) is 29.2. The summed E-state index contributed by atoms with van der Waals surface area (Å²) in [6, 6.07) is 8.48. The Balaban J connectivity index is 1.85. The second kappa shape index (κ2) is 6.74. The molecule has 1 aliphatic rings. The Bertz CT molecular complexity index is 791. The molecule has 140 valence electrons. The molecule has 0 amide bonds. The first-order valence-corrected chi connectivity index (χ1v) is 8.72. The zero-order valence-corrected chi connectivity index (χ0v) is 15.2. The monoisotopic (exact) mass is 359 g/mol. The van der Waals surface area contributed by atoms with Crippen molar-refractivity contribution >= 4 is 22.8 Å². The molecule has 26 heavy (non-hydrogen) atoms. The highest BCUT2D eigenvalue weighted by molar-refractivity contribution is 5.84.